The zero-order valence-electron chi connectivity index (χ0n) is 13.5. The normalized spacial score (nSPS) is 17.3. The highest BCUT2D eigenvalue weighted by atomic mass is 16.4. The van der Waals surface area contributed by atoms with Gasteiger partial charge >= 0.3 is 12.0 Å². The maximum Gasteiger partial charge on any atom is 0.315 e. The first kappa shape index (κ1) is 17.8. The molecule has 1 aromatic heterocycles. The fraction of sp³-hybridized carbons (Fsp3) is 0.562. The smallest absolute Gasteiger partial charge is 0.315 e. The average Bonchev–Trinajstić information content (AvgIpc) is 3.09. The number of likely N-dealkylation sites (tertiary alicyclic amines) is 1. The molecule has 3 amide bonds. The number of urea groups is 1. The Hall–Kier alpha value is -2.51. The summed E-state index contributed by atoms with van der Waals surface area (Å²) in [6.45, 7) is 1.39. The predicted molar refractivity (Wildman–Crippen MR) is 85.1 cm³/mol. The summed E-state index contributed by atoms with van der Waals surface area (Å²) in [5.41, 5.74) is 0. The molecule has 132 valence electrons. The van der Waals surface area contributed by atoms with E-state index < -0.39 is 12.0 Å². The standard InChI is InChI=1S/C16H23N3O5/c20-14(10-18-16(23)17-9-13-4-2-8-24-13)19-7-1-3-12(11-19)5-6-15(21)22/h2,4,8,12H,1,3,5-7,9-11H2,(H,21,22)(H2,17,18,23). The second-order valence-electron chi connectivity index (χ2n) is 5.90. The number of amides is 3. The first-order chi connectivity index (χ1) is 11.5. The zero-order valence-corrected chi connectivity index (χ0v) is 13.5. The van der Waals surface area contributed by atoms with Crippen LogP contribution in [0.15, 0.2) is 22.8 Å². The van der Waals surface area contributed by atoms with Crippen LogP contribution in [0.5, 0.6) is 0 Å². The van der Waals surface area contributed by atoms with Crippen LogP contribution in [0.3, 0.4) is 0 Å². The van der Waals surface area contributed by atoms with Gasteiger partial charge in [-0.3, -0.25) is 9.59 Å². The van der Waals surface area contributed by atoms with Gasteiger partial charge < -0.3 is 25.1 Å². The number of carbonyl (C=O) groups is 3. The second kappa shape index (κ2) is 8.95. The van der Waals surface area contributed by atoms with Gasteiger partial charge in [0.1, 0.15) is 5.76 Å². The molecule has 1 saturated heterocycles. The molecule has 0 spiro atoms. The third-order valence-corrected chi connectivity index (χ3v) is 4.04. The molecule has 0 aliphatic carbocycles. The molecular formula is C16H23N3O5. The zero-order chi connectivity index (χ0) is 17.4. The summed E-state index contributed by atoms with van der Waals surface area (Å²) in [7, 11) is 0. The van der Waals surface area contributed by atoms with E-state index in [-0.39, 0.29) is 31.3 Å². The fourth-order valence-electron chi connectivity index (χ4n) is 2.77. The van der Waals surface area contributed by atoms with Crippen molar-refractivity contribution in [1.82, 2.24) is 15.5 Å². The summed E-state index contributed by atoms with van der Waals surface area (Å²) < 4.78 is 5.10. The van der Waals surface area contributed by atoms with Crippen LogP contribution < -0.4 is 10.6 Å². The Morgan fingerprint density at radius 2 is 2.17 bits per heavy atom. The Labute approximate surface area is 140 Å². The molecule has 1 aromatic rings. The molecule has 3 N–H and O–H groups in total. The van der Waals surface area contributed by atoms with Crippen molar-refractivity contribution in [1.29, 1.82) is 0 Å². The molecule has 8 nitrogen and oxygen atoms in total. The number of carboxylic acids is 1. The number of nitrogens with one attached hydrogen (secondary N) is 2. The molecule has 1 aliphatic rings. The van der Waals surface area contributed by atoms with Crippen molar-refractivity contribution in [3.8, 4) is 0 Å². The molecular weight excluding hydrogens is 314 g/mol. The minimum absolute atomic E-state index is 0.0738. The van der Waals surface area contributed by atoms with Crippen LogP contribution in [0.25, 0.3) is 0 Å². The van der Waals surface area contributed by atoms with E-state index in [1.54, 1.807) is 17.0 Å². The van der Waals surface area contributed by atoms with Gasteiger partial charge in [0.05, 0.1) is 19.4 Å². The van der Waals surface area contributed by atoms with Crippen molar-refractivity contribution in [2.24, 2.45) is 5.92 Å². The van der Waals surface area contributed by atoms with Gasteiger partial charge in [0.15, 0.2) is 0 Å². The summed E-state index contributed by atoms with van der Waals surface area (Å²) in [5, 5.41) is 13.9. The van der Waals surface area contributed by atoms with E-state index in [0.717, 1.165) is 12.8 Å². The van der Waals surface area contributed by atoms with Crippen molar-refractivity contribution >= 4 is 17.9 Å². The lowest BCUT2D eigenvalue weighted by molar-refractivity contribution is -0.137. The largest absolute Gasteiger partial charge is 0.481 e. The molecule has 1 unspecified atom stereocenters. The van der Waals surface area contributed by atoms with E-state index in [1.165, 1.54) is 6.26 Å². The van der Waals surface area contributed by atoms with E-state index in [4.69, 9.17) is 9.52 Å². The van der Waals surface area contributed by atoms with Crippen LogP contribution in [0.1, 0.15) is 31.4 Å². The van der Waals surface area contributed by atoms with Crippen molar-refractivity contribution in [3.63, 3.8) is 0 Å². The molecule has 0 bridgehead atoms. The van der Waals surface area contributed by atoms with Gasteiger partial charge in [-0.25, -0.2) is 4.79 Å². The Morgan fingerprint density at radius 3 is 2.88 bits per heavy atom. The minimum Gasteiger partial charge on any atom is -0.481 e. The highest BCUT2D eigenvalue weighted by molar-refractivity contribution is 5.84. The van der Waals surface area contributed by atoms with Gasteiger partial charge in [-0.2, -0.15) is 0 Å². The van der Waals surface area contributed by atoms with E-state index >= 15 is 0 Å². The number of furan rings is 1. The fourth-order valence-corrected chi connectivity index (χ4v) is 2.77. The summed E-state index contributed by atoms with van der Waals surface area (Å²) in [4.78, 5) is 36.2. The quantitative estimate of drug-likeness (QED) is 0.692. The van der Waals surface area contributed by atoms with E-state index in [2.05, 4.69) is 10.6 Å². The number of nitrogens with zero attached hydrogens (tertiary/aromatic N) is 1. The van der Waals surface area contributed by atoms with Crippen molar-refractivity contribution in [2.45, 2.75) is 32.2 Å². The second-order valence-corrected chi connectivity index (χ2v) is 5.90. The van der Waals surface area contributed by atoms with Crippen LogP contribution in [0.2, 0.25) is 0 Å². The Kier molecular flexibility index (Phi) is 6.65. The van der Waals surface area contributed by atoms with Crippen LogP contribution in [-0.2, 0) is 16.1 Å². The molecule has 2 rings (SSSR count). The number of carbonyl (C=O) groups excluding carboxylic acids is 2. The third kappa shape index (κ3) is 5.94. The highest BCUT2D eigenvalue weighted by Crippen LogP contribution is 2.20. The molecule has 1 fully saturated rings. The summed E-state index contributed by atoms with van der Waals surface area (Å²) in [6, 6.07) is 3.05. The molecule has 0 saturated carbocycles. The average molecular weight is 337 g/mol. The van der Waals surface area contributed by atoms with E-state index in [1.807, 2.05) is 0 Å². The molecule has 8 heteroatoms. The maximum absolute atomic E-state index is 12.2. The lowest BCUT2D eigenvalue weighted by Crippen LogP contribution is -2.46. The topological polar surface area (TPSA) is 112 Å². The lowest BCUT2D eigenvalue weighted by atomic mass is 9.93. The molecule has 1 atom stereocenters. The molecule has 0 radical (unpaired) electrons. The SMILES string of the molecule is O=C(O)CCC1CCCN(C(=O)CNC(=O)NCc2ccco2)C1. The summed E-state index contributed by atoms with van der Waals surface area (Å²) in [5.74, 6) is -0.114. The minimum atomic E-state index is -0.812. The summed E-state index contributed by atoms with van der Waals surface area (Å²) >= 11 is 0. The van der Waals surface area contributed by atoms with Crippen LogP contribution in [0.4, 0.5) is 4.79 Å². The van der Waals surface area contributed by atoms with Crippen molar-refractivity contribution in [3.05, 3.63) is 24.2 Å². The van der Waals surface area contributed by atoms with Crippen LogP contribution in [0, 0.1) is 5.92 Å². The summed E-state index contributed by atoms with van der Waals surface area (Å²) in [6.07, 6.45) is 4.03. The van der Waals surface area contributed by atoms with E-state index in [0.29, 0.717) is 25.3 Å². The van der Waals surface area contributed by atoms with Gasteiger partial charge in [-0.05, 0) is 37.3 Å². The maximum atomic E-state index is 12.2. The van der Waals surface area contributed by atoms with Crippen molar-refractivity contribution in [2.75, 3.05) is 19.6 Å². The molecule has 1 aliphatic heterocycles. The highest BCUT2D eigenvalue weighted by Gasteiger charge is 2.24. The van der Waals surface area contributed by atoms with Gasteiger partial charge in [0, 0.05) is 19.5 Å². The van der Waals surface area contributed by atoms with Gasteiger partial charge in [0.25, 0.3) is 0 Å². The van der Waals surface area contributed by atoms with Gasteiger partial charge in [-0.1, -0.05) is 0 Å². The Balaban J connectivity index is 1.67. The first-order valence-corrected chi connectivity index (χ1v) is 8.08. The number of piperidine rings is 1. The Morgan fingerprint density at radius 1 is 1.33 bits per heavy atom. The number of rotatable bonds is 7. The number of carboxylic acid groups (broad SMARTS) is 1. The Bertz CT molecular complexity index is 558. The first-order valence-electron chi connectivity index (χ1n) is 8.08. The molecule has 24 heavy (non-hydrogen) atoms. The number of hydrogen-bond acceptors (Lipinski definition) is 4. The predicted octanol–water partition coefficient (Wildman–Crippen LogP) is 1.18. The molecule has 0 aromatic carbocycles. The lowest BCUT2D eigenvalue weighted by Gasteiger charge is -2.32. The monoisotopic (exact) mass is 337 g/mol. The number of aliphatic carboxylic acids is 1. The number of hydrogen-bond donors (Lipinski definition) is 3. The third-order valence-electron chi connectivity index (χ3n) is 4.04. The van der Waals surface area contributed by atoms with Crippen molar-refractivity contribution < 1.29 is 23.9 Å². The van der Waals surface area contributed by atoms with Gasteiger partial charge in [0.2, 0.25) is 5.91 Å². The van der Waals surface area contributed by atoms with E-state index in [9.17, 15) is 14.4 Å². The van der Waals surface area contributed by atoms with Crippen LogP contribution >= 0.6 is 0 Å². The van der Waals surface area contributed by atoms with Gasteiger partial charge in [-0.15, -0.1) is 0 Å². The molecule has 2 heterocycles. The van der Waals surface area contributed by atoms with Crippen LogP contribution in [-0.4, -0.2) is 47.5 Å².